The van der Waals surface area contributed by atoms with Crippen molar-refractivity contribution in [2.75, 3.05) is 18.5 Å². The van der Waals surface area contributed by atoms with E-state index in [0.717, 1.165) is 16.9 Å². The van der Waals surface area contributed by atoms with Crippen LogP contribution >= 0.6 is 0 Å². The first-order chi connectivity index (χ1) is 23.4. The molecule has 2 heterocycles. The second-order valence-corrected chi connectivity index (χ2v) is 11.1. The number of hydrogen-bond donors (Lipinski definition) is 1. The summed E-state index contributed by atoms with van der Waals surface area (Å²) >= 11 is 0. The van der Waals surface area contributed by atoms with Crippen LogP contribution in [0.25, 0.3) is 6.08 Å². The summed E-state index contributed by atoms with van der Waals surface area (Å²) in [4.78, 5) is 44.5. The lowest BCUT2D eigenvalue weighted by Crippen LogP contribution is -2.61. The molecule has 48 heavy (non-hydrogen) atoms. The lowest BCUT2D eigenvalue weighted by Gasteiger charge is -2.43. The number of aryl methyl sites for hydroxylation is 1. The van der Waals surface area contributed by atoms with Crippen molar-refractivity contribution < 1.29 is 38.1 Å². The smallest absolute Gasteiger partial charge is 0.338 e. The summed E-state index contributed by atoms with van der Waals surface area (Å²) in [7, 11) is 0. The fourth-order valence-corrected chi connectivity index (χ4v) is 5.30. The van der Waals surface area contributed by atoms with Crippen molar-refractivity contribution in [1.82, 2.24) is 4.98 Å². The highest BCUT2D eigenvalue weighted by Gasteiger charge is 2.51. The molecular formula is C38H38N2O8. The molecule has 1 fully saturated rings. The SMILES string of the molecule is CC=Cc1c(NCCOC2OC(C)C(OC(=O)c3ccccc3)C(OC(=O)c3ccccc3)C2OC(=O)c2ccccc2)ccnc1C. The van der Waals surface area contributed by atoms with Crippen molar-refractivity contribution in [3.8, 4) is 0 Å². The van der Waals surface area contributed by atoms with Crippen molar-refractivity contribution in [3.05, 3.63) is 137 Å². The van der Waals surface area contributed by atoms with Gasteiger partial charge in [0.1, 0.15) is 0 Å². The summed E-state index contributed by atoms with van der Waals surface area (Å²) in [6.07, 6.45) is -0.116. The van der Waals surface area contributed by atoms with Gasteiger partial charge in [-0.1, -0.05) is 66.7 Å². The molecule has 10 nitrogen and oxygen atoms in total. The standard InChI is InChI=1S/C38H38N2O8/c1-4-14-30-25(2)39-22-21-31(30)40-23-24-44-38-34(48-37(43)29-19-12-7-13-20-29)33(47-36(42)28-17-10-6-11-18-28)32(26(3)45-38)46-35(41)27-15-8-5-9-16-27/h4-22,26,32-34,38H,23-24H2,1-3H3,(H,39,40). The zero-order chi connectivity index (χ0) is 33.9. The third-order valence-electron chi connectivity index (χ3n) is 7.71. The molecule has 5 unspecified atom stereocenters. The molecule has 1 aliphatic rings. The fourth-order valence-electron chi connectivity index (χ4n) is 5.30. The average molecular weight is 651 g/mol. The van der Waals surface area contributed by atoms with E-state index >= 15 is 0 Å². The van der Waals surface area contributed by atoms with Crippen molar-refractivity contribution in [2.24, 2.45) is 0 Å². The summed E-state index contributed by atoms with van der Waals surface area (Å²) in [6.45, 7) is 6.03. The second kappa shape index (κ2) is 16.5. The number of rotatable bonds is 12. The first-order valence-corrected chi connectivity index (χ1v) is 15.7. The van der Waals surface area contributed by atoms with Crippen LogP contribution in [0, 0.1) is 6.92 Å². The van der Waals surface area contributed by atoms with E-state index < -0.39 is 48.6 Å². The van der Waals surface area contributed by atoms with E-state index in [9.17, 15) is 14.4 Å². The van der Waals surface area contributed by atoms with Gasteiger partial charge in [-0.15, -0.1) is 0 Å². The summed E-state index contributed by atoms with van der Waals surface area (Å²) < 4.78 is 30.3. The van der Waals surface area contributed by atoms with Crippen LogP contribution in [-0.4, -0.2) is 66.7 Å². The van der Waals surface area contributed by atoms with Gasteiger partial charge in [0.25, 0.3) is 0 Å². The van der Waals surface area contributed by atoms with Gasteiger partial charge in [0.15, 0.2) is 24.6 Å². The lowest BCUT2D eigenvalue weighted by molar-refractivity contribution is -0.289. The molecule has 0 amide bonds. The van der Waals surface area contributed by atoms with Crippen molar-refractivity contribution in [2.45, 2.75) is 51.5 Å². The first-order valence-electron chi connectivity index (χ1n) is 15.7. The van der Waals surface area contributed by atoms with Gasteiger partial charge < -0.3 is 29.0 Å². The highest BCUT2D eigenvalue weighted by Crippen LogP contribution is 2.31. The molecule has 1 aromatic heterocycles. The number of pyridine rings is 1. The minimum Gasteiger partial charge on any atom is -0.452 e. The Bertz CT molecular complexity index is 1700. The Hall–Kier alpha value is -5.32. The van der Waals surface area contributed by atoms with Crippen LogP contribution in [0.3, 0.4) is 0 Å². The van der Waals surface area contributed by atoms with Gasteiger partial charge in [0, 0.05) is 29.7 Å². The molecule has 4 aromatic rings. The number of esters is 3. The third kappa shape index (κ3) is 8.52. The van der Waals surface area contributed by atoms with E-state index in [4.69, 9.17) is 23.7 Å². The van der Waals surface area contributed by atoms with E-state index in [0.29, 0.717) is 12.1 Å². The predicted molar refractivity (Wildman–Crippen MR) is 179 cm³/mol. The van der Waals surface area contributed by atoms with Crippen LogP contribution in [0.2, 0.25) is 0 Å². The maximum atomic E-state index is 13.5. The minimum atomic E-state index is -1.31. The fraction of sp³-hybridized carbons (Fsp3) is 0.263. The zero-order valence-electron chi connectivity index (χ0n) is 27.0. The Kier molecular flexibility index (Phi) is 11.7. The monoisotopic (exact) mass is 650 g/mol. The van der Waals surface area contributed by atoms with Gasteiger partial charge in [0.2, 0.25) is 0 Å². The molecule has 1 aliphatic heterocycles. The van der Waals surface area contributed by atoms with Crippen LogP contribution in [0.5, 0.6) is 0 Å². The van der Waals surface area contributed by atoms with Gasteiger partial charge in [-0.25, -0.2) is 14.4 Å². The number of ether oxygens (including phenoxy) is 5. The Morgan fingerprint density at radius 1 is 0.750 bits per heavy atom. The van der Waals surface area contributed by atoms with Crippen LogP contribution in [0.15, 0.2) is 109 Å². The number of aromatic nitrogens is 1. The Morgan fingerprint density at radius 2 is 1.25 bits per heavy atom. The first kappa shape index (κ1) is 34.0. The summed E-state index contributed by atoms with van der Waals surface area (Å²) in [5.74, 6) is -2.04. The number of nitrogens with zero attached hydrogens (tertiary/aromatic N) is 1. The van der Waals surface area contributed by atoms with E-state index in [2.05, 4.69) is 10.3 Å². The molecular weight excluding hydrogens is 612 g/mol. The van der Waals surface area contributed by atoms with Crippen LogP contribution in [0.1, 0.15) is 56.2 Å². The topological polar surface area (TPSA) is 122 Å². The molecule has 10 heteroatoms. The quantitative estimate of drug-likeness (QED) is 0.107. The number of carbonyl (C=O) groups excluding carboxylic acids is 3. The molecule has 0 saturated carbocycles. The largest absolute Gasteiger partial charge is 0.452 e. The summed E-state index contributed by atoms with van der Waals surface area (Å²) in [5.41, 5.74) is 3.53. The van der Waals surface area contributed by atoms with E-state index in [1.165, 1.54) is 0 Å². The molecule has 0 spiro atoms. The van der Waals surface area contributed by atoms with Crippen molar-refractivity contribution in [3.63, 3.8) is 0 Å². The van der Waals surface area contributed by atoms with Crippen LogP contribution in [0.4, 0.5) is 5.69 Å². The van der Waals surface area contributed by atoms with Crippen molar-refractivity contribution >= 4 is 29.7 Å². The predicted octanol–water partition coefficient (Wildman–Crippen LogP) is 6.27. The molecule has 1 N–H and O–H groups in total. The normalized spacial score (nSPS) is 20.5. The number of hydrogen-bond acceptors (Lipinski definition) is 10. The van der Waals surface area contributed by atoms with Gasteiger partial charge in [0.05, 0.1) is 29.4 Å². The van der Waals surface area contributed by atoms with Crippen LogP contribution < -0.4 is 5.32 Å². The lowest BCUT2D eigenvalue weighted by atomic mass is 9.98. The minimum absolute atomic E-state index is 0.126. The zero-order valence-corrected chi connectivity index (χ0v) is 27.0. The van der Waals surface area contributed by atoms with Crippen LogP contribution in [-0.2, 0) is 23.7 Å². The number of allylic oxidation sites excluding steroid dienone is 1. The Balaban J connectivity index is 1.42. The molecule has 0 aliphatic carbocycles. The second-order valence-electron chi connectivity index (χ2n) is 11.1. The molecule has 5 atom stereocenters. The molecule has 0 bridgehead atoms. The number of anilines is 1. The highest BCUT2D eigenvalue weighted by atomic mass is 16.7. The van der Waals surface area contributed by atoms with Crippen molar-refractivity contribution in [1.29, 1.82) is 0 Å². The Morgan fingerprint density at radius 3 is 1.77 bits per heavy atom. The van der Waals surface area contributed by atoms with E-state index in [1.54, 1.807) is 104 Å². The molecule has 248 valence electrons. The third-order valence-corrected chi connectivity index (χ3v) is 7.71. The maximum Gasteiger partial charge on any atom is 0.338 e. The molecule has 3 aromatic carbocycles. The number of nitrogens with one attached hydrogen (secondary N) is 1. The number of benzene rings is 3. The maximum absolute atomic E-state index is 13.5. The summed E-state index contributed by atoms with van der Waals surface area (Å²) in [5, 5.41) is 3.35. The van der Waals surface area contributed by atoms with Gasteiger partial charge >= 0.3 is 17.9 Å². The van der Waals surface area contributed by atoms with E-state index in [1.807, 2.05) is 32.1 Å². The molecule has 5 rings (SSSR count). The molecule has 0 radical (unpaired) electrons. The summed E-state index contributed by atoms with van der Waals surface area (Å²) in [6, 6.07) is 27.1. The van der Waals surface area contributed by atoms with Gasteiger partial charge in [-0.2, -0.15) is 0 Å². The number of carbonyl (C=O) groups is 3. The van der Waals surface area contributed by atoms with Gasteiger partial charge in [-0.05, 0) is 63.2 Å². The van der Waals surface area contributed by atoms with E-state index in [-0.39, 0.29) is 17.7 Å². The Labute approximate surface area is 279 Å². The van der Waals surface area contributed by atoms with Gasteiger partial charge in [-0.3, -0.25) is 4.98 Å². The highest BCUT2D eigenvalue weighted by molar-refractivity contribution is 5.91. The average Bonchev–Trinajstić information content (AvgIpc) is 3.11. The molecule has 1 saturated heterocycles.